The van der Waals surface area contributed by atoms with Crippen LogP contribution in [0.15, 0.2) is 18.2 Å². The van der Waals surface area contributed by atoms with E-state index in [9.17, 15) is 9.18 Å². The van der Waals surface area contributed by atoms with Crippen molar-refractivity contribution in [1.29, 1.82) is 0 Å². The van der Waals surface area contributed by atoms with Crippen molar-refractivity contribution in [2.45, 2.75) is 19.1 Å². The van der Waals surface area contributed by atoms with Crippen molar-refractivity contribution in [1.82, 2.24) is 10.6 Å². The molecule has 5 nitrogen and oxygen atoms in total. The Labute approximate surface area is 117 Å². The number of carbonyl (C=O) groups excluding carboxylic acids is 1. The van der Waals surface area contributed by atoms with Gasteiger partial charge in [0.25, 0.3) is 5.91 Å². The molecule has 0 bridgehead atoms. The second-order valence-corrected chi connectivity index (χ2v) is 4.83. The number of nitrogens with one attached hydrogen (secondary N) is 2. The summed E-state index contributed by atoms with van der Waals surface area (Å²) in [6.45, 7) is 2.98. The van der Waals surface area contributed by atoms with Gasteiger partial charge in [-0.2, -0.15) is 0 Å². The van der Waals surface area contributed by atoms with E-state index in [1.165, 1.54) is 6.07 Å². The number of hydrogen-bond acceptors (Lipinski definition) is 4. The first-order valence-corrected chi connectivity index (χ1v) is 6.52. The Morgan fingerprint density at radius 2 is 2.30 bits per heavy atom. The van der Waals surface area contributed by atoms with E-state index in [1.807, 2.05) is 6.92 Å². The van der Waals surface area contributed by atoms with Crippen LogP contribution in [0.2, 0.25) is 0 Å². The lowest BCUT2D eigenvalue weighted by Gasteiger charge is -2.18. The topological polar surface area (TPSA) is 59.6 Å². The number of ether oxygens (including phenoxy) is 2. The fourth-order valence-electron chi connectivity index (χ4n) is 2.16. The van der Waals surface area contributed by atoms with Crippen LogP contribution in [0, 0.1) is 12.7 Å². The van der Waals surface area contributed by atoms with Gasteiger partial charge in [-0.15, -0.1) is 0 Å². The van der Waals surface area contributed by atoms with Gasteiger partial charge in [0.05, 0.1) is 12.1 Å². The molecular formula is C14H19FN2O3. The molecule has 2 rings (SSSR count). The SMILES string of the molecule is CO[C@H]1CNC[C@H]1NC(=O)COc1cc(C)ccc1F. The van der Waals surface area contributed by atoms with E-state index in [2.05, 4.69) is 10.6 Å². The summed E-state index contributed by atoms with van der Waals surface area (Å²) in [5.74, 6) is -0.671. The summed E-state index contributed by atoms with van der Waals surface area (Å²) in [5, 5.41) is 5.94. The maximum absolute atomic E-state index is 13.5. The summed E-state index contributed by atoms with van der Waals surface area (Å²) in [6.07, 6.45) is -0.0466. The third-order valence-corrected chi connectivity index (χ3v) is 3.25. The number of methoxy groups -OCH3 is 1. The summed E-state index contributed by atoms with van der Waals surface area (Å²) in [6, 6.07) is 4.45. The number of carbonyl (C=O) groups is 1. The van der Waals surface area contributed by atoms with Gasteiger partial charge in [0.2, 0.25) is 0 Å². The molecule has 1 aromatic rings. The van der Waals surface area contributed by atoms with Crippen molar-refractivity contribution in [2.75, 3.05) is 26.8 Å². The molecule has 0 radical (unpaired) electrons. The molecule has 0 unspecified atom stereocenters. The molecule has 2 N–H and O–H groups in total. The Morgan fingerprint density at radius 3 is 3.05 bits per heavy atom. The average Bonchev–Trinajstić information content (AvgIpc) is 2.87. The molecule has 1 aliphatic rings. The fourth-order valence-corrected chi connectivity index (χ4v) is 2.16. The maximum Gasteiger partial charge on any atom is 0.258 e. The zero-order valence-corrected chi connectivity index (χ0v) is 11.6. The zero-order chi connectivity index (χ0) is 14.5. The molecule has 110 valence electrons. The molecule has 1 fully saturated rings. The van der Waals surface area contributed by atoms with Crippen LogP contribution in [0.3, 0.4) is 0 Å². The van der Waals surface area contributed by atoms with Gasteiger partial charge in [-0.1, -0.05) is 6.07 Å². The minimum atomic E-state index is -0.472. The molecule has 0 saturated carbocycles. The summed E-state index contributed by atoms with van der Waals surface area (Å²) in [4.78, 5) is 11.8. The van der Waals surface area contributed by atoms with Gasteiger partial charge in [0, 0.05) is 20.2 Å². The molecule has 0 spiro atoms. The quantitative estimate of drug-likeness (QED) is 0.831. The first-order valence-electron chi connectivity index (χ1n) is 6.52. The largest absolute Gasteiger partial charge is 0.481 e. The van der Waals surface area contributed by atoms with Crippen molar-refractivity contribution < 1.29 is 18.7 Å². The van der Waals surface area contributed by atoms with Gasteiger partial charge in [-0.3, -0.25) is 4.79 Å². The summed E-state index contributed by atoms with van der Waals surface area (Å²) >= 11 is 0. The normalized spacial score (nSPS) is 21.8. The highest BCUT2D eigenvalue weighted by Gasteiger charge is 2.28. The standard InChI is InChI=1S/C14H19FN2O3/c1-9-3-4-10(15)12(5-9)20-8-14(18)17-11-6-16-7-13(11)19-2/h3-5,11,13,16H,6-8H2,1-2H3,(H,17,18)/t11-,13+/m1/s1. The second kappa shape index (κ2) is 6.67. The number of halogens is 1. The van der Waals surface area contributed by atoms with Crippen molar-refractivity contribution in [3.63, 3.8) is 0 Å². The fraction of sp³-hybridized carbons (Fsp3) is 0.500. The highest BCUT2D eigenvalue weighted by Crippen LogP contribution is 2.18. The van der Waals surface area contributed by atoms with Crippen LogP contribution >= 0.6 is 0 Å². The van der Waals surface area contributed by atoms with Gasteiger partial charge in [-0.05, 0) is 24.6 Å². The van der Waals surface area contributed by atoms with Gasteiger partial charge in [0.15, 0.2) is 18.2 Å². The first kappa shape index (κ1) is 14.7. The Morgan fingerprint density at radius 1 is 1.50 bits per heavy atom. The summed E-state index contributed by atoms with van der Waals surface area (Å²) < 4.78 is 23.9. The van der Waals surface area contributed by atoms with Crippen LogP contribution in [0.5, 0.6) is 5.75 Å². The summed E-state index contributed by atoms with van der Waals surface area (Å²) in [5.41, 5.74) is 0.876. The Kier molecular flexibility index (Phi) is 4.92. The lowest BCUT2D eigenvalue weighted by Crippen LogP contribution is -2.45. The molecule has 1 saturated heterocycles. The van der Waals surface area contributed by atoms with Crippen LogP contribution < -0.4 is 15.4 Å². The lowest BCUT2D eigenvalue weighted by atomic mass is 10.2. The molecule has 0 aromatic heterocycles. The van der Waals surface area contributed by atoms with Crippen LogP contribution in [0.1, 0.15) is 5.56 Å². The van der Waals surface area contributed by atoms with E-state index in [1.54, 1.807) is 19.2 Å². The van der Waals surface area contributed by atoms with E-state index in [0.717, 1.165) is 5.56 Å². The number of aryl methyl sites for hydroxylation is 1. The van der Waals surface area contributed by atoms with E-state index < -0.39 is 5.82 Å². The lowest BCUT2D eigenvalue weighted by molar-refractivity contribution is -0.124. The van der Waals surface area contributed by atoms with Crippen LogP contribution in [0.4, 0.5) is 4.39 Å². The van der Waals surface area contributed by atoms with Crippen LogP contribution in [-0.4, -0.2) is 44.9 Å². The smallest absolute Gasteiger partial charge is 0.258 e. The molecule has 1 aromatic carbocycles. The van der Waals surface area contributed by atoms with Crippen LogP contribution in [0.25, 0.3) is 0 Å². The number of hydrogen-bond donors (Lipinski definition) is 2. The minimum Gasteiger partial charge on any atom is -0.481 e. The van der Waals surface area contributed by atoms with Crippen molar-refractivity contribution >= 4 is 5.91 Å². The first-order chi connectivity index (χ1) is 9.60. The summed E-state index contributed by atoms with van der Waals surface area (Å²) in [7, 11) is 1.61. The van der Waals surface area contributed by atoms with Gasteiger partial charge >= 0.3 is 0 Å². The van der Waals surface area contributed by atoms with E-state index in [-0.39, 0.29) is 30.4 Å². The van der Waals surface area contributed by atoms with Gasteiger partial charge < -0.3 is 20.1 Å². The number of rotatable bonds is 5. The second-order valence-electron chi connectivity index (χ2n) is 4.83. The molecule has 1 heterocycles. The number of benzene rings is 1. The van der Waals surface area contributed by atoms with Gasteiger partial charge in [-0.25, -0.2) is 4.39 Å². The third-order valence-electron chi connectivity index (χ3n) is 3.25. The van der Waals surface area contributed by atoms with Crippen LogP contribution in [-0.2, 0) is 9.53 Å². The predicted molar refractivity (Wildman–Crippen MR) is 72.2 cm³/mol. The highest BCUT2D eigenvalue weighted by molar-refractivity contribution is 5.78. The van der Waals surface area contributed by atoms with E-state index in [4.69, 9.17) is 9.47 Å². The van der Waals surface area contributed by atoms with Crippen molar-refractivity contribution in [3.8, 4) is 5.75 Å². The molecule has 6 heteroatoms. The Bertz CT molecular complexity index is 481. The molecule has 0 aliphatic carbocycles. The molecular weight excluding hydrogens is 263 g/mol. The Balaban J connectivity index is 1.84. The number of amides is 1. The average molecular weight is 282 g/mol. The molecule has 2 atom stereocenters. The molecule has 1 aliphatic heterocycles. The Hall–Kier alpha value is -1.66. The van der Waals surface area contributed by atoms with Crippen molar-refractivity contribution in [2.24, 2.45) is 0 Å². The predicted octanol–water partition coefficient (Wildman–Crippen LogP) is 0.616. The third kappa shape index (κ3) is 3.68. The van der Waals surface area contributed by atoms with E-state index >= 15 is 0 Å². The minimum absolute atomic E-state index is 0.0466. The van der Waals surface area contributed by atoms with Crippen molar-refractivity contribution in [3.05, 3.63) is 29.6 Å². The molecule has 1 amide bonds. The van der Waals surface area contributed by atoms with E-state index in [0.29, 0.717) is 13.1 Å². The van der Waals surface area contributed by atoms with Gasteiger partial charge in [0.1, 0.15) is 0 Å². The zero-order valence-electron chi connectivity index (χ0n) is 11.6. The maximum atomic E-state index is 13.5. The molecule has 20 heavy (non-hydrogen) atoms. The monoisotopic (exact) mass is 282 g/mol. The highest BCUT2D eigenvalue weighted by atomic mass is 19.1.